The topological polar surface area (TPSA) is 79.2 Å². The average Bonchev–Trinajstić information content (AvgIpc) is 2.10. The molecule has 0 unspecified atom stereocenters. The summed E-state index contributed by atoms with van der Waals surface area (Å²) >= 11 is 0. The van der Waals surface area contributed by atoms with Crippen molar-refractivity contribution in [2.24, 2.45) is 0 Å². The molecule has 0 radical (unpaired) electrons. The number of halogens is 3. The Morgan fingerprint density at radius 2 is 2.00 bits per heavy atom. The molecular weight excluding hydrogens is 205 g/mol. The van der Waals surface area contributed by atoms with Crippen molar-refractivity contribution in [1.29, 1.82) is 5.26 Å². The number of methoxy groups -OCH3 is 1. The van der Waals surface area contributed by atoms with Gasteiger partial charge in [-0.25, -0.2) is 4.79 Å². The zero-order chi connectivity index (χ0) is 11.4. The second-order valence-electron chi connectivity index (χ2n) is 2.06. The predicted octanol–water partition coefficient (Wildman–Crippen LogP) is -0.270. The summed E-state index contributed by atoms with van der Waals surface area (Å²) in [5.74, 6) is -3.63. The summed E-state index contributed by atoms with van der Waals surface area (Å²) in [4.78, 5) is 20.8. The molecule has 0 fully saturated rings. The van der Waals surface area contributed by atoms with Crippen molar-refractivity contribution in [3.8, 4) is 6.07 Å². The van der Waals surface area contributed by atoms with Crippen LogP contribution in [-0.4, -0.2) is 31.2 Å². The zero-order valence-electron chi connectivity index (χ0n) is 6.88. The van der Waals surface area contributed by atoms with Gasteiger partial charge in [-0.1, -0.05) is 0 Å². The summed E-state index contributed by atoms with van der Waals surface area (Å²) in [5.41, 5.74) is 0. The van der Waals surface area contributed by atoms with E-state index in [0.717, 1.165) is 18.5 Å². The minimum Gasteiger partial charge on any atom is -0.467 e. The molecule has 0 aliphatic heterocycles. The fraction of sp³-hybridized carbons (Fsp3) is 0.500. The van der Waals surface area contributed by atoms with Crippen LogP contribution in [0.25, 0.3) is 0 Å². The standard InChI is InChI=1S/C6H5F3N2O3/c1-14-4(12)3(2-10)11-5(13)6(7,8)9/h3H,1H3,(H,11,13)/t3-/m0/s1. The number of carbonyl (C=O) groups is 2. The van der Waals surface area contributed by atoms with E-state index < -0.39 is 24.1 Å². The third-order valence-corrected chi connectivity index (χ3v) is 1.10. The van der Waals surface area contributed by atoms with Crippen molar-refractivity contribution in [2.45, 2.75) is 12.2 Å². The Labute approximate surface area is 76.4 Å². The van der Waals surface area contributed by atoms with E-state index in [2.05, 4.69) is 4.74 Å². The fourth-order valence-corrected chi connectivity index (χ4v) is 0.475. The first-order valence-electron chi connectivity index (χ1n) is 3.18. The van der Waals surface area contributed by atoms with Crippen LogP contribution in [0.15, 0.2) is 0 Å². The summed E-state index contributed by atoms with van der Waals surface area (Å²) in [6.45, 7) is 0. The number of amides is 1. The lowest BCUT2D eigenvalue weighted by Crippen LogP contribution is -2.46. The number of hydrogen-bond acceptors (Lipinski definition) is 4. The van der Waals surface area contributed by atoms with Crippen LogP contribution in [-0.2, 0) is 14.3 Å². The number of ether oxygens (including phenoxy) is 1. The number of esters is 1. The van der Waals surface area contributed by atoms with Crippen LogP contribution in [0.5, 0.6) is 0 Å². The first-order chi connectivity index (χ1) is 6.32. The second-order valence-corrected chi connectivity index (χ2v) is 2.06. The van der Waals surface area contributed by atoms with Gasteiger partial charge in [0.2, 0.25) is 6.04 Å². The summed E-state index contributed by atoms with van der Waals surface area (Å²) in [5, 5.41) is 9.37. The largest absolute Gasteiger partial charge is 0.471 e. The van der Waals surface area contributed by atoms with Gasteiger partial charge in [0.05, 0.1) is 13.2 Å². The van der Waals surface area contributed by atoms with Crippen LogP contribution in [0.1, 0.15) is 0 Å². The van der Waals surface area contributed by atoms with Gasteiger partial charge < -0.3 is 10.1 Å². The first kappa shape index (κ1) is 12.2. The van der Waals surface area contributed by atoms with Gasteiger partial charge in [-0.05, 0) is 0 Å². The SMILES string of the molecule is COC(=O)[C@H](C#N)NC(=O)C(F)(F)F. The smallest absolute Gasteiger partial charge is 0.467 e. The van der Waals surface area contributed by atoms with Gasteiger partial charge in [-0.3, -0.25) is 4.79 Å². The molecule has 0 bridgehead atoms. The highest BCUT2D eigenvalue weighted by Crippen LogP contribution is 2.14. The molecule has 14 heavy (non-hydrogen) atoms. The van der Waals surface area contributed by atoms with Gasteiger partial charge >= 0.3 is 18.1 Å². The monoisotopic (exact) mass is 210 g/mol. The first-order valence-corrected chi connectivity index (χ1v) is 3.18. The minimum absolute atomic E-state index is 0.881. The molecule has 78 valence electrons. The van der Waals surface area contributed by atoms with E-state index in [9.17, 15) is 22.8 Å². The fourth-order valence-electron chi connectivity index (χ4n) is 0.475. The highest BCUT2D eigenvalue weighted by atomic mass is 19.4. The van der Waals surface area contributed by atoms with Crippen LogP contribution >= 0.6 is 0 Å². The molecule has 1 N–H and O–H groups in total. The van der Waals surface area contributed by atoms with Crippen molar-refractivity contribution in [2.75, 3.05) is 7.11 Å². The molecule has 0 aromatic heterocycles. The van der Waals surface area contributed by atoms with Crippen LogP contribution in [0, 0.1) is 11.3 Å². The van der Waals surface area contributed by atoms with Gasteiger partial charge in [0.25, 0.3) is 0 Å². The maximum Gasteiger partial charge on any atom is 0.471 e. The molecular formula is C6H5F3N2O3. The highest BCUT2D eigenvalue weighted by Gasteiger charge is 2.41. The quantitative estimate of drug-likeness (QED) is 0.636. The van der Waals surface area contributed by atoms with Crippen molar-refractivity contribution in [3.63, 3.8) is 0 Å². The Bertz CT molecular complexity index is 281. The summed E-state index contributed by atoms with van der Waals surface area (Å²) in [6, 6.07) is -0.801. The third-order valence-electron chi connectivity index (χ3n) is 1.10. The maximum atomic E-state index is 11.6. The highest BCUT2D eigenvalue weighted by molar-refractivity contribution is 5.89. The zero-order valence-corrected chi connectivity index (χ0v) is 6.88. The van der Waals surface area contributed by atoms with E-state index in [1.54, 1.807) is 0 Å². The molecule has 0 saturated heterocycles. The average molecular weight is 210 g/mol. The lowest BCUT2D eigenvalue weighted by atomic mass is 10.3. The number of alkyl halides is 3. The lowest BCUT2D eigenvalue weighted by Gasteiger charge is -2.10. The second kappa shape index (κ2) is 4.45. The van der Waals surface area contributed by atoms with E-state index >= 15 is 0 Å². The van der Waals surface area contributed by atoms with Crippen molar-refractivity contribution in [3.05, 3.63) is 0 Å². The van der Waals surface area contributed by atoms with Crippen molar-refractivity contribution in [1.82, 2.24) is 5.32 Å². The molecule has 0 aliphatic rings. The number of nitrogens with zero attached hydrogens (tertiary/aromatic N) is 1. The molecule has 0 rings (SSSR count). The number of nitriles is 1. The van der Waals surface area contributed by atoms with Crippen LogP contribution in [0.2, 0.25) is 0 Å². The van der Waals surface area contributed by atoms with Gasteiger partial charge in [0, 0.05) is 0 Å². The van der Waals surface area contributed by atoms with Gasteiger partial charge in [-0.2, -0.15) is 18.4 Å². The van der Waals surface area contributed by atoms with Crippen LogP contribution < -0.4 is 5.32 Å². The Hall–Kier alpha value is -1.78. The van der Waals surface area contributed by atoms with Crippen molar-refractivity contribution >= 4 is 11.9 Å². The molecule has 0 aliphatic carbocycles. The molecule has 0 heterocycles. The molecule has 0 aromatic rings. The van der Waals surface area contributed by atoms with E-state index in [0.29, 0.717) is 0 Å². The minimum atomic E-state index is -5.14. The van der Waals surface area contributed by atoms with E-state index in [1.165, 1.54) is 0 Å². The Kier molecular flexibility index (Phi) is 3.89. The van der Waals surface area contributed by atoms with Crippen molar-refractivity contribution < 1.29 is 27.5 Å². The number of hydrogen-bond donors (Lipinski definition) is 1. The molecule has 1 atom stereocenters. The van der Waals surface area contributed by atoms with E-state index in [1.807, 2.05) is 0 Å². The Balaban J connectivity index is 4.44. The molecule has 1 amide bonds. The number of carbonyl (C=O) groups excluding carboxylic acids is 2. The summed E-state index contributed by atoms with van der Waals surface area (Å²) in [7, 11) is 0.881. The molecule has 8 heteroatoms. The Morgan fingerprint density at radius 3 is 2.29 bits per heavy atom. The van der Waals surface area contributed by atoms with Gasteiger partial charge in [-0.15, -0.1) is 0 Å². The molecule has 5 nitrogen and oxygen atoms in total. The van der Waals surface area contributed by atoms with E-state index in [4.69, 9.17) is 5.26 Å². The molecule has 0 spiro atoms. The Morgan fingerprint density at radius 1 is 1.50 bits per heavy atom. The molecule has 0 saturated carbocycles. The van der Waals surface area contributed by atoms with Crippen LogP contribution in [0.4, 0.5) is 13.2 Å². The van der Waals surface area contributed by atoms with Gasteiger partial charge in [0.1, 0.15) is 0 Å². The summed E-state index contributed by atoms with van der Waals surface area (Å²) < 4.78 is 38.9. The normalized spacial score (nSPS) is 12.5. The van der Waals surface area contributed by atoms with Gasteiger partial charge in [0.15, 0.2) is 0 Å². The number of rotatable bonds is 2. The predicted molar refractivity (Wildman–Crippen MR) is 35.6 cm³/mol. The van der Waals surface area contributed by atoms with Crippen LogP contribution in [0.3, 0.4) is 0 Å². The maximum absolute atomic E-state index is 11.6. The third kappa shape index (κ3) is 3.30. The lowest BCUT2D eigenvalue weighted by molar-refractivity contribution is -0.175. The summed E-state index contributed by atoms with van der Waals surface area (Å²) in [6.07, 6.45) is -5.14. The number of nitrogens with one attached hydrogen (secondary N) is 1. The van der Waals surface area contributed by atoms with E-state index in [-0.39, 0.29) is 0 Å². The molecule has 0 aromatic carbocycles.